The first kappa shape index (κ1) is 30.1. The summed E-state index contributed by atoms with van der Waals surface area (Å²) in [5.74, 6) is 0. The minimum absolute atomic E-state index is 0.0918. The highest BCUT2D eigenvalue weighted by Gasteiger charge is 2.13. The zero-order valence-electron chi connectivity index (χ0n) is 20.4. The van der Waals surface area contributed by atoms with Crippen LogP contribution in [0.15, 0.2) is 0 Å². The number of phosphoric acid groups is 1. The molecule has 0 spiro atoms. The fourth-order valence-electron chi connectivity index (χ4n) is 4.02. The highest BCUT2D eigenvalue weighted by Crippen LogP contribution is 2.30. The monoisotopic (exact) mass is 449 g/mol. The SMILES string of the molecule is CCCCCCCCCCCCCCCC[N+](C)(C)CCCCCCOP(=O)([O-])O. The lowest BCUT2D eigenvalue weighted by atomic mass is 10.0. The lowest BCUT2D eigenvalue weighted by molar-refractivity contribution is -0.890. The molecule has 0 saturated carbocycles. The van der Waals surface area contributed by atoms with Gasteiger partial charge in [-0.1, -0.05) is 90.4 Å². The van der Waals surface area contributed by atoms with Crippen molar-refractivity contribution in [2.75, 3.05) is 33.8 Å². The Labute approximate surface area is 187 Å². The number of phosphoric ester groups is 1. The topological polar surface area (TPSA) is 69.6 Å². The number of nitrogens with zero attached hydrogens (tertiary/aromatic N) is 1. The molecule has 0 heterocycles. The molecule has 6 heteroatoms. The van der Waals surface area contributed by atoms with Gasteiger partial charge in [0, 0.05) is 0 Å². The lowest BCUT2D eigenvalue weighted by Gasteiger charge is -2.30. The van der Waals surface area contributed by atoms with E-state index in [1.807, 2.05) is 0 Å². The summed E-state index contributed by atoms with van der Waals surface area (Å²) in [6.45, 7) is 4.78. The van der Waals surface area contributed by atoms with Crippen molar-refractivity contribution in [2.45, 2.75) is 122 Å². The standard InChI is InChI=1S/C24H52NO4P/c1-4-5-6-7-8-9-10-11-12-13-14-15-16-19-22-25(2,3)23-20-17-18-21-24-29-30(26,27)28/h4-24H2,1-3H3,(H-,26,27,28). The van der Waals surface area contributed by atoms with Gasteiger partial charge in [0.1, 0.15) is 0 Å². The molecular weight excluding hydrogens is 397 g/mol. The van der Waals surface area contributed by atoms with Gasteiger partial charge in [-0.05, 0) is 32.1 Å². The summed E-state index contributed by atoms with van der Waals surface area (Å²) in [7, 11) is 0.0851. The first-order valence-corrected chi connectivity index (χ1v) is 14.3. The first-order chi connectivity index (χ1) is 14.3. The van der Waals surface area contributed by atoms with Crippen molar-refractivity contribution in [3.05, 3.63) is 0 Å². The number of hydrogen-bond donors (Lipinski definition) is 1. The van der Waals surface area contributed by atoms with Crippen LogP contribution in [-0.2, 0) is 9.09 Å². The van der Waals surface area contributed by atoms with Gasteiger partial charge in [-0.3, -0.25) is 4.57 Å². The molecule has 0 fully saturated rings. The molecule has 0 rings (SSSR count). The molecule has 0 aromatic rings. The summed E-state index contributed by atoms with van der Waals surface area (Å²) >= 11 is 0. The summed E-state index contributed by atoms with van der Waals surface area (Å²) in [5.41, 5.74) is 0. The van der Waals surface area contributed by atoms with Crippen LogP contribution in [0.25, 0.3) is 0 Å². The molecule has 1 atom stereocenters. The second-order valence-corrected chi connectivity index (χ2v) is 10.9. The Morgan fingerprint density at radius 1 is 0.667 bits per heavy atom. The Bertz CT molecular complexity index is 412. The Balaban J connectivity index is 3.34. The van der Waals surface area contributed by atoms with Gasteiger partial charge in [0.25, 0.3) is 7.82 Å². The molecule has 0 aliphatic rings. The molecule has 5 nitrogen and oxygen atoms in total. The molecule has 0 aromatic carbocycles. The highest BCUT2D eigenvalue weighted by molar-refractivity contribution is 7.44. The van der Waals surface area contributed by atoms with Crippen LogP contribution in [0.4, 0.5) is 0 Å². The van der Waals surface area contributed by atoms with E-state index >= 15 is 0 Å². The average Bonchev–Trinajstić information content (AvgIpc) is 2.66. The van der Waals surface area contributed by atoms with Crippen LogP contribution in [0.2, 0.25) is 0 Å². The first-order valence-electron chi connectivity index (χ1n) is 12.8. The predicted octanol–water partition coefficient (Wildman–Crippen LogP) is 6.58. The van der Waals surface area contributed by atoms with Crippen LogP contribution in [0, 0.1) is 0 Å². The molecule has 0 bridgehead atoms. The molecule has 0 radical (unpaired) electrons. The van der Waals surface area contributed by atoms with Crippen LogP contribution in [0.5, 0.6) is 0 Å². The van der Waals surface area contributed by atoms with Crippen molar-refractivity contribution in [1.82, 2.24) is 0 Å². The van der Waals surface area contributed by atoms with Crippen LogP contribution in [0.3, 0.4) is 0 Å². The molecule has 0 aliphatic carbocycles. The van der Waals surface area contributed by atoms with Crippen LogP contribution in [-0.4, -0.2) is 43.2 Å². The van der Waals surface area contributed by atoms with Crippen molar-refractivity contribution in [3.63, 3.8) is 0 Å². The van der Waals surface area contributed by atoms with E-state index in [4.69, 9.17) is 4.89 Å². The Hall–Kier alpha value is 0.0700. The number of hydrogen-bond acceptors (Lipinski definition) is 3. The van der Waals surface area contributed by atoms with Gasteiger partial charge in [-0.15, -0.1) is 0 Å². The van der Waals surface area contributed by atoms with E-state index in [-0.39, 0.29) is 6.61 Å². The molecule has 0 amide bonds. The van der Waals surface area contributed by atoms with Gasteiger partial charge >= 0.3 is 0 Å². The average molecular weight is 450 g/mol. The van der Waals surface area contributed by atoms with E-state index < -0.39 is 7.82 Å². The number of rotatable bonds is 23. The lowest BCUT2D eigenvalue weighted by Crippen LogP contribution is -2.41. The summed E-state index contributed by atoms with van der Waals surface area (Å²) in [4.78, 5) is 19.0. The van der Waals surface area contributed by atoms with Crippen molar-refractivity contribution in [2.24, 2.45) is 0 Å². The largest absolute Gasteiger partial charge is 0.756 e. The molecule has 0 saturated heterocycles. The Morgan fingerprint density at radius 3 is 1.37 bits per heavy atom. The second kappa shape index (κ2) is 19.7. The highest BCUT2D eigenvalue weighted by atomic mass is 31.2. The maximum Gasteiger partial charge on any atom is 0.265 e. The maximum absolute atomic E-state index is 10.5. The van der Waals surface area contributed by atoms with Gasteiger partial charge < -0.3 is 18.8 Å². The van der Waals surface area contributed by atoms with Crippen molar-refractivity contribution >= 4 is 7.82 Å². The van der Waals surface area contributed by atoms with Crippen LogP contribution in [0.1, 0.15) is 122 Å². The smallest absolute Gasteiger partial charge is 0.265 e. The molecule has 1 N–H and O–H groups in total. The number of quaternary nitrogens is 1. The van der Waals surface area contributed by atoms with E-state index in [0.29, 0.717) is 6.42 Å². The minimum Gasteiger partial charge on any atom is -0.756 e. The summed E-state index contributed by atoms with van der Waals surface area (Å²) < 4.78 is 15.9. The van der Waals surface area contributed by atoms with Gasteiger partial charge in [-0.25, -0.2) is 0 Å². The third-order valence-corrected chi connectivity index (χ3v) is 6.54. The predicted molar refractivity (Wildman–Crippen MR) is 126 cm³/mol. The summed E-state index contributed by atoms with van der Waals surface area (Å²) in [6.07, 6.45) is 23.5. The zero-order chi connectivity index (χ0) is 22.6. The Kier molecular flexibility index (Phi) is 19.8. The second-order valence-electron chi connectivity index (χ2n) is 9.70. The van der Waals surface area contributed by atoms with E-state index in [1.54, 1.807) is 0 Å². The third-order valence-electron chi connectivity index (χ3n) is 6.03. The van der Waals surface area contributed by atoms with Crippen LogP contribution < -0.4 is 4.89 Å². The normalized spacial score (nSPS) is 14.2. The maximum atomic E-state index is 10.5. The molecule has 30 heavy (non-hydrogen) atoms. The van der Waals surface area contributed by atoms with Gasteiger partial charge in [-0.2, -0.15) is 0 Å². The van der Waals surface area contributed by atoms with Crippen molar-refractivity contribution in [3.8, 4) is 0 Å². The van der Waals surface area contributed by atoms with Crippen LogP contribution >= 0.6 is 7.82 Å². The molecule has 0 aromatic heterocycles. The van der Waals surface area contributed by atoms with E-state index in [0.717, 1.165) is 23.7 Å². The zero-order valence-corrected chi connectivity index (χ0v) is 21.3. The van der Waals surface area contributed by atoms with E-state index in [9.17, 15) is 9.46 Å². The third kappa shape index (κ3) is 24.3. The summed E-state index contributed by atoms with van der Waals surface area (Å²) in [6, 6.07) is 0. The molecule has 182 valence electrons. The van der Waals surface area contributed by atoms with Crippen molar-refractivity contribution in [1.29, 1.82) is 0 Å². The fourth-order valence-corrected chi connectivity index (χ4v) is 4.38. The molecule has 1 unspecified atom stereocenters. The van der Waals surface area contributed by atoms with Gasteiger partial charge in [0.15, 0.2) is 0 Å². The van der Waals surface area contributed by atoms with Gasteiger partial charge in [0.2, 0.25) is 0 Å². The Morgan fingerprint density at radius 2 is 1.00 bits per heavy atom. The van der Waals surface area contributed by atoms with E-state index in [2.05, 4.69) is 25.5 Å². The van der Waals surface area contributed by atoms with Gasteiger partial charge in [0.05, 0.1) is 33.8 Å². The summed E-state index contributed by atoms with van der Waals surface area (Å²) in [5, 5.41) is 0. The fraction of sp³-hybridized carbons (Fsp3) is 1.00. The number of unbranched alkanes of at least 4 members (excludes halogenated alkanes) is 16. The van der Waals surface area contributed by atoms with Crippen molar-refractivity contribution < 1.29 is 23.4 Å². The molecule has 0 aliphatic heterocycles. The molecular formula is C24H52NO4P. The minimum atomic E-state index is -4.54. The van der Waals surface area contributed by atoms with E-state index in [1.165, 1.54) is 103 Å². The quantitative estimate of drug-likeness (QED) is 0.109.